The Morgan fingerprint density at radius 3 is 2.64 bits per heavy atom. The van der Waals surface area contributed by atoms with Crippen LogP contribution in [0.2, 0.25) is 0 Å². The summed E-state index contributed by atoms with van der Waals surface area (Å²) in [7, 11) is 0. The Morgan fingerprint density at radius 2 is 2.00 bits per heavy atom. The van der Waals surface area contributed by atoms with E-state index in [4.69, 9.17) is 4.42 Å². The highest BCUT2D eigenvalue weighted by molar-refractivity contribution is 5.94. The van der Waals surface area contributed by atoms with Crippen LogP contribution in [0.1, 0.15) is 42.7 Å². The molecule has 0 unspecified atom stereocenters. The van der Waals surface area contributed by atoms with Crippen LogP contribution in [-0.4, -0.2) is 28.3 Å². The summed E-state index contributed by atoms with van der Waals surface area (Å²) in [6.45, 7) is 0.0741. The van der Waals surface area contributed by atoms with Crippen LogP contribution < -0.4 is 10.7 Å². The molecular weight excluding hydrogens is 329 g/mol. The predicted octanol–water partition coefficient (Wildman–Crippen LogP) is 2.06. The zero-order chi connectivity index (χ0) is 17.8. The molecule has 2 aromatic rings. The first-order valence-corrected chi connectivity index (χ1v) is 8.26. The fraction of sp³-hybridized carbons (Fsp3) is 0.444. The minimum atomic E-state index is -0.918. The Hall–Kier alpha value is -2.41. The SMILES string of the molecule is O=C(NCC1(O)CC2(CCC2)C1)c1cc(=O)c2cc(F)cc(O)c2o1. The van der Waals surface area contributed by atoms with Gasteiger partial charge in [-0.25, -0.2) is 4.39 Å². The standard InChI is InChI=1S/C18H18FNO5/c19-10-4-11-12(21)6-14(25-15(11)13(22)5-10)16(23)20-9-18(24)7-17(8-18)2-1-3-17/h4-6,22,24H,1-3,7-9H2,(H,20,23). The number of halogens is 1. The van der Waals surface area contributed by atoms with Crippen LogP contribution in [0.4, 0.5) is 4.39 Å². The quantitative estimate of drug-likeness (QED) is 0.789. The van der Waals surface area contributed by atoms with Gasteiger partial charge in [-0.05, 0) is 37.2 Å². The molecule has 0 bridgehead atoms. The summed E-state index contributed by atoms with van der Waals surface area (Å²) in [5, 5.41) is 22.6. The molecule has 1 heterocycles. The lowest BCUT2D eigenvalue weighted by molar-refractivity contribution is -0.158. The van der Waals surface area contributed by atoms with E-state index >= 15 is 0 Å². The first kappa shape index (κ1) is 16.1. The number of aliphatic hydroxyl groups is 1. The number of carbonyl (C=O) groups excluding carboxylic acids is 1. The average molecular weight is 347 g/mol. The number of nitrogens with one attached hydrogen (secondary N) is 1. The molecule has 0 radical (unpaired) electrons. The lowest BCUT2D eigenvalue weighted by atomic mass is 9.50. The van der Waals surface area contributed by atoms with Crippen LogP contribution in [-0.2, 0) is 0 Å². The number of hydrogen-bond donors (Lipinski definition) is 3. The molecule has 2 aliphatic carbocycles. The number of benzene rings is 1. The summed E-state index contributed by atoms with van der Waals surface area (Å²) in [6.07, 6.45) is 4.77. The van der Waals surface area contributed by atoms with Crippen molar-refractivity contribution in [2.45, 2.75) is 37.7 Å². The molecule has 2 fully saturated rings. The van der Waals surface area contributed by atoms with Gasteiger partial charge in [-0.1, -0.05) is 6.42 Å². The summed E-state index contributed by atoms with van der Waals surface area (Å²) in [5.41, 5.74) is -1.53. The molecule has 132 valence electrons. The second-order valence-electron chi connectivity index (χ2n) is 7.39. The lowest BCUT2D eigenvalue weighted by Gasteiger charge is -2.58. The molecule has 2 aliphatic rings. The molecule has 4 rings (SSSR count). The van der Waals surface area contributed by atoms with Crippen LogP contribution in [0.15, 0.2) is 27.4 Å². The normalized spacial score (nSPS) is 20.1. The highest BCUT2D eigenvalue weighted by Gasteiger charge is 2.56. The molecule has 0 saturated heterocycles. The summed E-state index contributed by atoms with van der Waals surface area (Å²) >= 11 is 0. The zero-order valence-electron chi connectivity index (χ0n) is 13.5. The van der Waals surface area contributed by atoms with E-state index in [2.05, 4.69) is 5.32 Å². The fourth-order valence-corrected chi connectivity index (χ4v) is 4.15. The van der Waals surface area contributed by atoms with Crippen molar-refractivity contribution in [2.75, 3.05) is 6.54 Å². The summed E-state index contributed by atoms with van der Waals surface area (Å²) in [5.74, 6) is -2.27. The molecule has 6 nitrogen and oxygen atoms in total. The number of carbonyl (C=O) groups is 1. The third-order valence-corrected chi connectivity index (χ3v) is 5.40. The van der Waals surface area contributed by atoms with Gasteiger partial charge in [0.1, 0.15) is 5.82 Å². The number of phenols is 1. The van der Waals surface area contributed by atoms with Gasteiger partial charge in [-0.2, -0.15) is 0 Å². The van der Waals surface area contributed by atoms with E-state index in [1.54, 1.807) is 0 Å². The van der Waals surface area contributed by atoms with E-state index in [1.165, 1.54) is 6.42 Å². The molecule has 1 spiro atoms. The van der Waals surface area contributed by atoms with Crippen LogP contribution in [0.25, 0.3) is 11.0 Å². The van der Waals surface area contributed by atoms with E-state index in [9.17, 15) is 24.2 Å². The highest BCUT2D eigenvalue weighted by atomic mass is 19.1. The molecule has 2 saturated carbocycles. The van der Waals surface area contributed by atoms with E-state index in [-0.39, 0.29) is 28.7 Å². The Labute approximate surface area is 142 Å². The zero-order valence-corrected chi connectivity index (χ0v) is 13.5. The maximum atomic E-state index is 13.3. The summed E-state index contributed by atoms with van der Waals surface area (Å²) in [4.78, 5) is 24.3. The van der Waals surface area contributed by atoms with Crippen LogP contribution in [0.3, 0.4) is 0 Å². The van der Waals surface area contributed by atoms with Gasteiger partial charge in [0.15, 0.2) is 22.5 Å². The third-order valence-electron chi connectivity index (χ3n) is 5.40. The molecular formula is C18H18FNO5. The first-order valence-electron chi connectivity index (χ1n) is 8.26. The Bertz CT molecular complexity index is 923. The van der Waals surface area contributed by atoms with Gasteiger partial charge >= 0.3 is 0 Å². The average Bonchev–Trinajstić information content (AvgIpc) is 2.49. The number of amides is 1. The van der Waals surface area contributed by atoms with Gasteiger partial charge in [0.25, 0.3) is 5.91 Å². The van der Waals surface area contributed by atoms with Gasteiger partial charge in [-0.15, -0.1) is 0 Å². The van der Waals surface area contributed by atoms with Crippen LogP contribution >= 0.6 is 0 Å². The van der Waals surface area contributed by atoms with Crippen molar-refractivity contribution in [1.29, 1.82) is 0 Å². The second kappa shape index (κ2) is 5.29. The number of aromatic hydroxyl groups is 1. The Morgan fingerprint density at radius 1 is 1.28 bits per heavy atom. The third kappa shape index (κ3) is 2.68. The Balaban J connectivity index is 1.51. The maximum Gasteiger partial charge on any atom is 0.287 e. The summed E-state index contributed by atoms with van der Waals surface area (Å²) < 4.78 is 18.6. The molecule has 0 atom stereocenters. The molecule has 1 aromatic carbocycles. The fourth-order valence-electron chi connectivity index (χ4n) is 4.15. The van der Waals surface area contributed by atoms with Crippen molar-refractivity contribution in [2.24, 2.45) is 5.41 Å². The van der Waals surface area contributed by atoms with Crippen molar-refractivity contribution in [3.8, 4) is 5.75 Å². The van der Waals surface area contributed by atoms with Gasteiger partial charge in [0.2, 0.25) is 0 Å². The van der Waals surface area contributed by atoms with Gasteiger partial charge in [0, 0.05) is 18.7 Å². The molecule has 7 heteroatoms. The number of fused-ring (bicyclic) bond motifs is 1. The second-order valence-corrected chi connectivity index (χ2v) is 7.39. The highest BCUT2D eigenvalue weighted by Crippen LogP contribution is 2.60. The van der Waals surface area contributed by atoms with Crippen molar-refractivity contribution in [3.05, 3.63) is 40.0 Å². The topological polar surface area (TPSA) is 99.8 Å². The number of hydrogen-bond acceptors (Lipinski definition) is 5. The maximum absolute atomic E-state index is 13.3. The van der Waals surface area contributed by atoms with E-state index in [0.717, 1.165) is 31.0 Å². The Kier molecular flexibility index (Phi) is 3.40. The largest absolute Gasteiger partial charge is 0.504 e. The van der Waals surface area contributed by atoms with Crippen molar-refractivity contribution >= 4 is 16.9 Å². The van der Waals surface area contributed by atoms with Crippen molar-refractivity contribution in [3.63, 3.8) is 0 Å². The molecule has 0 aliphatic heterocycles. The monoisotopic (exact) mass is 347 g/mol. The predicted molar refractivity (Wildman–Crippen MR) is 86.9 cm³/mol. The summed E-state index contributed by atoms with van der Waals surface area (Å²) in [6, 6.07) is 2.70. The number of phenolic OH excluding ortho intramolecular Hbond substituents is 1. The van der Waals surface area contributed by atoms with Crippen molar-refractivity contribution in [1.82, 2.24) is 5.32 Å². The molecule has 25 heavy (non-hydrogen) atoms. The van der Waals surface area contributed by atoms with Gasteiger partial charge < -0.3 is 19.9 Å². The smallest absolute Gasteiger partial charge is 0.287 e. The molecule has 3 N–H and O–H groups in total. The van der Waals surface area contributed by atoms with Crippen LogP contribution in [0, 0.1) is 11.2 Å². The molecule has 1 amide bonds. The number of rotatable bonds is 3. The minimum absolute atomic E-state index is 0.0741. The molecule has 1 aromatic heterocycles. The van der Waals surface area contributed by atoms with E-state index in [1.807, 2.05) is 0 Å². The minimum Gasteiger partial charge on any atom is -0.504 e. The van der Waals surface area contributed by atoms with E-state index < -0.39 is 28.5 Å². The first-order chi connectivity index (χ1) is 11.8. The lowest BCUT2D eigenvalue weighted by Crippen LogP contribution is -2.60. The van der Waals surface area contributed by atoms with Crippen molar-refractivity contribution < 1.29 is 23.8 Å². The van der Waals surface area contributed by atoms with Gasteiger partial charge in [-0.3, -0.25) is 9.59 Å². The van der Waals surface area contributed by atoms with Gasteiger partial charge in [0.05, 0.1) is 11.0 Å². The van der Waals surface area contributed by atoms with E-state index in [0.29, 0.717) is 12.8 Å². The van der Waals surface area contributed by atoms with Crippen LogP contribution in [0.5, 0.6) is 5.75 Å².